The van der Waals surface area contributed by atoms with E-state index in [9.17, 15) is 4.79 Å². The van der Waals surface area contributed by atoms with Gasteiger partial charge in [-0.2, -0.15) is 0 Å². The van der Waals surface area contributed by atoms with Crippen molar-refractivity contribution in [2.24, 2.45) is 0 Å². The summed E-state index contributed by atoms with van der Waals surface area (Å²) >= 11 is 23.3. The molecule has 1 amide bonds. The Kier molecular flexibility index (Phi) is 8.64. The molecule has 0 aliphatic heterocycles. The van der Waals surface area contributed by atoms with Gasteiger partial charge < -0.3 is 25.4 Å². The first-order valence-corrected chi connectivity index (χ1v) is 10.1. The molecule has 2 rings (SSSR count). The Balaban J connectivity index is 2.01. The quantitative estimate of drug-likeness (QED) is 0.310. The lowest BCUT2D eigenvalue weighted by Crippen LogP contribution is -2.56. The maximum Gasteiger partial charge on any atom is 0.252 e. The van der Waals surface area contributed by atoms with Crippen molar-refractivity contribution in [2.75, 3.05) is 19.0 Å². The van der Waals surface area contributed by atoms with Gasteiger partial charge in [0.25, 0.3) is 5.91 Å². The summed E-state index contributed by atoms with van der Waals surface area (Å²) in [6.45, 7) is 2.48. The molecule has 3 N–H and O–H groups in total. The average molecular weight is 477 g/mol. The molecule has 0 spiro atoms. The van der Waals surface area contributed by atoms with E-state index in [-0.39, 0.29) is 5.11 Å². The SMILES string of the molecule is CCOc1ccc(NC(=S)N[C@H](NC(=O)c2ccc(OC)cc2)C(Cl)(Cl)Cl)cc1. The third-order valence-corrected chi connectivity index (χ3v) is 4.53. The van der Waals surface area contributed by atoms with E-state index in [1.54, 1.807) is 48.5 Å². The van der Waals surface area contributed by atoms with E-state index >= 15 is 0 Å². The molecule has 0 aliphatic carbocycles. The van der Waals surface area contributed by atoms with Crippen LogP contribution in [0.1, 0.15) is 17.3 Å². The van der Waals surface area contributed by atoms with E-state index in [1.807, 2.05) is 6.92 Å². The number of carbonyl (C=O) groups excluding carboxylic acids is 1. The Hall–Kier alpha value is -1.93. The van der Waals surface area contributed by atoms with Gasteiger partial charge in [0.2, 0.25) is 3.79 Å². The van der Waals surface area contributed by atoms with Crippen molar-refractivity contribution < 1.29 is 14.3 Å². The molecule has 0 saturated carbocycles. The Morgan fingerprint density at radius 3 is 2.14 bits per heavy atom. The monoisotopic (exact) mass is 475 g/mol. The van der Waals surface area contributed by atoms with Crippen LogP contribution in [0.3, 0.4) is 0 Å². The second kappa shape index (κ2) is 10.7. The fourth-order valence-electron chi connectivity index (χ4n) is 2.26. The van der Waals surface area contributed by atoms with Crippen molar-refractivity contribution in [2.45, 2.75) is 16.9 Å². The van der Waals surface area contributed by atoms with Gasteiger partial charge in [0.1, 0.15) is 17.7 Å². The van der Waals surface area contributed by atoms with Gasteiger partial charge >= 0.3 is 0 Å². The van der Waals surface area contributed by atoms with Crippen molar-refractivity contribution in [3.8, 4) is 11.5 Å². The maximum absolute atomic E-state index is 12.5. The fraction of sp³-hybridized carbons (Fsp3) is 0.263. The van der Waals surface area contributed by atoms with Crippen LogP contribution in [-0.2, 0) is 0 Å². The first-order valence-electron chi connectivity index (χ1n) is 8.55. The zero-order chi connectivity index (χ0) is 21.4. The van der Waals surface area contributed by atoms with Crippen LogP contribution in [0.25, 0.3) is 0 Å². The molecule has 0 fully saturated rings. The summed E-state index contributed by atoms with van der Waals surface area (Å²) in [5.41, 5.74) is 1.08. The third-order valence-electron chi connectivity index (χ3n) is 3.65. The smallest absolute Gasteiger partial charge is 0.252 e. The topological polar surface area (TPSA) is 71.6 Å². The van der Waals surface area contributed by atoms with E-state index in [0.717, 1.165) is 5.75 Å². The van der Waals surface area contributed by atoms with Crippen molar-refractivity contribution in [1.82, 2.24) is 10.6 Å². The number of benzene rings is 2. The number of alkyl halides is 3. The highest BCUT2D eigenvalue weighted by Gasteiger charge is 2.34. The highest BCUT2D eigenvalue weighted by Crippen LogP contribution is 2.29. The molecule has 1 atom stereocenters. The van der Waals surface area contributed by atoms with Crippen molar-refractivity contribution in [3.05, 3.63) is 54.1 Å². The summed E-state index contributed by atoms with van der Waals surface area (Å²) in [6, 6.07) is 13.7. The third kappa shape index (κ3) is 7.44. The molecular formula is C19H20Cl3N3O3S. The predicted octanol–water partition coefficient (Wildman–Crippen LogP) is 4.51. The summed E-state index contributed by atoms with van der Waals surface area (Å²) in [4.78, 5) is 12.5. The van der Waals surface area contributed by atoms with Gasteiger partial charge in [-0.15, -0.1) is 0 Å². The predicted molar refractivity (Wildman–Crippen MR) is 122 cm³/mol. The van der Waals surface area contributed by atoms with E-state index in [4.69, 9.17) is 56.5 Å². The van der Waals surface area contributed by atoms with Gasteiger partial charge in [-0.3, -0.25) is 4.79 Å². The molecule has 0 aliphatic rings. The number of anilines is 1. The molecule has 0 aromatic heterocycles. The number of hydrogen-bond acceptors (Lipinski definition) is 4. The van der Waals surface area contributed by atoms with Crippen LogP contribution in [0.4, 0.5) is 5.69 Å². The first-order chi connectivity index (χ1) is 13.7. The van der Waals surface area contributed by atoms with Gasteiger partial charge in [0.05, 0.1) is 13.7 Å². The Bertz CT molecular complexity index is 827. The van der Waals surface area contributed by atoms with Crippen molar-refractivity contribution >= 4 is 63.7 Å². The summed E-state index contributed by atoms with van der Waals surface area (Å²) in [5.74, 6) is 0.918. The van der Waals surface area contributed by atoms with Crippen LogP contribution in [0, 0.1) is 0 Å². The molecule has 0 unspecified atom stereocenters. The number of thiocarbonyl (C=S) groups is 1. The number of methoxy groups -OCH3 is 1. The average Bonchev–Trinajstić information content (AvgIpc) is 2.68. The van der Waals surface area contributed by atoms with Crippen LogP contribution >= 0.6 is 47.0 Å². The molecule has 2 aromatic carbocycles. The molecule has 29 heavy (non-hydrogen) atoms. The number of hydrogen-bond donors (Lipinski definition) is 3. The standard InChI is InChI=1S/C19H20Cl3N3O3S/c1-3-28-15-10-6-13(7-11-15)23-18(29)25-17(19(20,21)22)24-16(26)12-4-8-14(27-2)9-5-12/h4-11,17H,3H2,1-2H3,(H,24,26)(H2,23,25,29)/t17-/m0/s1. The molecule has 0 saturated heterocycles. The van der Waals surface area contributed by atoms with Gasteiger partial charge in [-0.25, -0.2) is 0 Å². The number of ether oxygens (including phenoxy) is 2. The highest BCUT2D eigenvalue weighted by molar-refractivity contribution is 7.80. The van der Waals surface area contributed by atoms with Crippen LogP contribution < -0.4 is 25.4 Å². The van der Waals surface area contributed by atoms with Gasteiger partial charge in [0.15, 0.2) is 5.11 Å². The van der Waals surface area contributed by atoms with E-state index in [2.05, 4.69) is 16.0 Å². The normalized spacial score (nSPS) is 11.9. The number of rotatable bonds is 7. The van der Waals surface area contributed by atoms with Gasteiger partial charge in [-0.05, 0) is 67.7 Å². The molecule has 6 nitrogen and oxygen atoms in total. The minimum Gasteiger partial charge on any atom is -0.497 e. The number of carbonyl (C=O) groups is 1. The molecule has 0 radical (unpaired) electrons. The Morgan fingerprint density at radius 1 is 1.03 bits per heavy atom. The minimum atomic E-state index is -1.85. The van der Waals surface area contributed by atoms with Gasteiger partial charge in [0, 0.05) is 11.3 Å². The Morgan fingerprint density at radius 2 is 1.62 bits per heavy atom. The van der Waals surface area contributed by atoms with E-state index in [0.29, 0.717) is 23.6 Å². The largest absolute Gasteiger partial charge is 0.497 e. The lowest BCUT2D eigenvalue weighted by Gasteiger charge is -2.27. The molecule has 0 heterocycles. The molecule has 0 bridgehead atoms. The summed E-state index contributed by atoms with van der Waals surface area (Å²) in [6.07, 6.45) is -1.08. The maximum atomic E-state index is 12.5. The van der Waals surface area contributed by atoms with Crippen LogP contribution in [-0.4, -0.2) is 34.7 Å². The fourth-order valence-corrected chi connectivity index (χ4v) is 2.82. The lowest BCUT2D eigenvalue weighted by molar-refractivity contribution is 0.0934. The second-order valence-corrected chi connectivity index (χ2v) is 8.51. The zero-order valence-corrected chi connectivity index (χ0v) is 18.8. The van der Waals surface area contributed by atoms with E-state index < -0.39 is 15.9 Å². The summed E-state index contributed by atoms with van der Waals surface area (Å²) in [7, 11) is 1.54. The van der Waals surface area contributed by atoms with Crippen molar-refractivity contribution in [1.29, 1.82) is 0 Å². The van der Waals surface area contributed by atoms with Crippen LogP contribution in [0.15, 0.2) is 48.5 Å². The molecule has 10 heteroatoms. The van der Waals surface area contributed by atoms with Crippen LogP contribution in [0.5, 0.6) is 11.5 Å². The van der Waals surface area contributed by atoms with Crippen molar-refractivity contribution in [3.63, 3.8) is 0 Å². The number of halogens is 3. The first kappa shape index (κ1) is 23.3. The lowest BCUT2D eigenvalue weighted by atomic mass is 10.2. The van der Waals surface area contributed by atoms with E-state index in [1.165, 1.54) is 7.11 Å². The second-order valence-electron chi connectivity index (χ2n) is 5.73. The molecular weight excluding hydrogens is 457 g/mol. The highest BCUT2D eigenvalue weighted by atomic mass is 35.6. The molecule has 2 aromatic rings. The van der Waals surface area contributed by atoms with Crippen LogP contribution in [0.2, 0.25) is 0 Å². The zero-order valence-electron chi connectivity index (χ0n) is 15.7. The number of amides is 1. The summed E-state index contributed by atoms with van der Waals surface area (Å²) in [5, 5.41) is 8.55. The summed E-state index contributed by atoms with van der Waals surface area (Å²) < 4.78 is 8.61. The van der Waals surface area contributed by atoms with Gasteiger partial charge in [-0.1, -0.05) is 34.8 Å². The molecule has 156 valence electrons. The minimum absolute atomic E-state index is 0.167. The number of nitrogens with one attached hydrogen (secondary N) is 3. The Labute approximate surface area is 189 Å².